The van der Waals surface area contributed by atoms with Crippen LogP contribution in [0.1, 0.15) is 33.1 Å². The minimum absolute atomic E-state index is 0.313. The third-order valence-corrected chi connectivity index (χ3v) is 1.64. The molecule has 2 heteroatoms. The van der Waals surface area contributed by atoms with Crippen LogP contribution in [0.2, 0.25) is 0 Å². The summed E-state index contributed by atoms with van der Waals surface area (Å²) in [6, 6.07) is 0. The van der Waals surface area contributed by atoms with E-state index in [4.69, 9.17) is 0 Å². The lowest BCUT2D eigenvalue weighted by atomic mass is 10.0. The number of rotatable bonds is 5. The molecular formula is C8H15O2. The van der Waals surface area contributed by atoms with Gasteiger partial charge in [-0.15, -0.1) is 0 Å². The normalized spacial score (nSPS) is 16.3. The zero-order valence-electron chi connectivity index (χ0n) is 6.67. The van der Waals surface area contributed by atoms with Gasteiger partial charge in [-0.2, -0.15) is 0 Å². The Morgan fingerprint density at radius 3 is 2.50 bits per heavy atom. The molecule has 0 aliphatic heterocycles. The molecular weight excluding hydrogens is 128 g/mol. The monoisotopic (exact) mass is 143 g/mol. The Hall–Kier alpha value is -0.370. The van der Waals surface area contributed by atoms with Crippen LogP contribution in [0.3, 0.4) is 0 Å². The van der Waals surface area contributed by atoms with Crippen LogP contribution >= 0.6 is 0 Å². The molecule has 10 heavy (non-hydrogen) atoms. The maximum Gasteiger partial charge on any atom is 0.125 e. The first-order chi connectivity index (χ1) is 4.72. The van der Waals surface area contributed by atoms with Crippen molar-refractivity contribution in [3.63, 3.8) is 0 Å². The number of carbonyl (C=O) groups excluding carboxylic acids is 1. The van der Waals surface area contributed by atoms with Gasteiger partial charge in [0.25, 0.3) is 0 Å². The van der Waals surface area contributed by atoms with Crippen molar-refractivity contribution in [3.05, 3.63) is 0 Å². The largest absolute Gasteiger partial charge is 0.303 e. The van der Waals surface area contributed by atoms with Crippen LogP contribution in [-0.4, -0.2) is 12.4 Å². The fraction of sp³-hybridized carbons (Fsp3) is 0.875. The van der Waals surface area contributed by atoms with E-state index in [9.17, 15) is 9.90 Å². The lowest BCUT2D eigenvalue weighted by molar-refractivity contribution is -0.115. The summed E-state index contributed by atoms with van der Waals surface area (Å²) >= 11 is 0. The van der Waals surface area contributed by atoms with Crippen LogP contribution in [0.5, 0.6) is 0 Å². The molecule has 0 aliphatic carbocycles. The van der Waals surface area contributed by atoms with Crippen molar-refractivity contribution in [2.45, 2.75) is 39.2 Å². The zero-order valence-corrected chi connectivity index (χ0v) is 6.67. The Labute approximate surface area is 62.2 Å². The second-order valence-corrected chi connectivity index (χ2v) is 2.68. The quantitative estimate of drug-likeness (QED) is 0.541. The van der Waals surface area contributed by atoms with Gasteiger partial charge in [-0.1, -0.05) is 26.7 Å². The molecule has 0 saturated heterocycles. The maximum atomic E-state index is 11.0. The van der Waals surface area contributed by atoms with Crippen LogP contribution in [0.15, 0.2) is 0 Å². The van der Waals surface area contributed by atoms with Gasteiger partial charge >= 0.3 is 0 Å². The van der Waals surface area contributed by atoms with E-state index in [0.717, 1.165) is 19.1 Å². The molecule has 0 aromatic heterocycles. The number of unbranched alkanes of at least 4 members (excludes halogenated alkanes) is 1. The van der Waals surface area contributed by atoms with Crippen molar-refractivity contribution in [3.8, 4) is 0 Å². The highest BCUT2D eigenvalue weighted by molar-refractivity contribution is 5.53. The standard InChI is InChI=1S/C8H15O2/c1-3-4-5-8(10)7(2)6-9/h6-8H,3-5H2,1-2H3/t7-,8-/m1/s1. The van der Waals surface area contributed by atoms with Crippen molar-refractivity contribution >= 4 is 6.29 Å². The summed E-state index contributed by atoms with van der Waals surface area (Å²) in [7, 11) is 0. The molecule has 0 fully saturated rings. The number of carbonyl (C=O) groups is 1. The molecule has 59 valence electrons. The lowest BCUT2D eigenvalue weighted by Crippen LogP contribution is -2.16. The molecule has 0 amide bonds. The molecule has 2 atom stereocenters. The molecule has 0 N–H and O–H groups in total. The van der Waals surface area contributed by atoms with Gasteiger partial charge in [0.2, 0.25) is 0 Å². The predicted molar refractivity (Wildman–Crippen MR) is 39.2 cm³/mol. The van der Waals surface area contributed by atoms with E-state index in [1.807, 2.05) is 6.92 Å². The molecule has 0 aromatic rings. The molecule has 0 saturated carbocycles. The van der Waals surface area contributed by atoms with Crippen molar-refractivity contribution in [2.75, 3.05) is 0 Å². The van der Waals surface area contributed by atoms with E-state index in [0.29, 0.717) is 6.42 Å². The van der Waals surface area contributed by atoms with E-state index < -0.39 is 6.10 Å². The predicted octanol–water partition coefficient (Wildman–Crippen LogP) is 1.81. The molecule has 0 unspecified atom stereocenters. The van der Waals surface area contributed by atoms with Gasteiger partial charge in [-0.05, 0) is 6.42 Å². The number of hydrogen-bond acceptors (Lipinski definition) is 1. The Bertz CT molecular complexity index is 91.3. The van der Waals surface area contributed by atoms with Crippen molar-refractivity contribution in [1.82, 2.24) is 0 Å². The average molecular weight is 143 g/mol. The average Bonchev–Trinajstić information content (AvgIpc) is 1.98. The molecule has 0 heterocycles. The summed E-state index contributed by atoms with van der Waals surface area (Å²) in [6.45, 7) is 3.72. The molecule has 0 bridgehead atoms. The highest BCUT2D eigenvalue weighted by Crippen LogP contribution is 2.08. The van der Waals surface area contributed by atoms with Crippen LogP contribution in [0, 0.1) is 5.92 Å². The van der Waals surface area contributed by atoms with Gasteiger partial charge in [0, 0.05) is 5.92 Å². The number of aldehydes is 1. The van der Waals surface area contributed by atoms with Crippen molar-refractivity contribution in [1.29, 1.82) is 0 Å². The fourth-order valence-electron chi connectivity index (χ4n) is 0.756. The Balaban J connectivity index is 3.40. The van der Waals surface area contributed by atoms with Crippen molar-refractivity contribution < 1.29 is 9.90 Å². The molecule has 0 aliphatic rings. The Morgan fingerprint density at radius 2 is 2.10 bits per heavy atom. The second-order valence-electron chi connectivity index (χ2n) is 2.68. The van der Waals surface area contributed by atoms with Gasteiger partial charge in [0.1, 0.15) is 12.4 Å². The highest BCUT2D eigenvalue weighted by Gasteiger charge is 2.13. The van der Waals surface area contributed by atoms with E-state index in [1.165, 1.54) is 0 Å². The van der Waals surface area contributed by atoms with Gasteiger partial charge < -0.3 is 4.79 Å². The zero-order chi connectivity index (χ0) is 7.98. The molecule has 0 rings (SSSR count). The van der Waals surface area contributed by atoms with Gasteiger partial charge in [0.05, 0.1) is 0 Å². The van der Waals surface area contributed by atoms with Crippen LogP contribution < -0.4 is 0 Å². The SMILES string of the molecule is CCCC[C@@H]([O])[C@H](C)C=O. The minimum atomic E-state index is -0.683. The summed E-state index contributed by atoms with van der Waals surface area (Å²) in [5, 5.41) is 11.0. The lowest BCUT2D eigenvalue weighted by Gasteiger charge is -2.08. The van der Waals surface area contributed by atoms with Gasteiger partial charge in [-0.3, -0.25) is 0 Å². The number of hydrogen-bond donors (Lipinski definition) is 0. The minimum Gasteiger partial charge on any atom is -0.303 e. The molecule has 1 radical (unpaired) electrons. The van der Waals surface area contributed by atoms with E-state index in [1.54, 1.807) is 6.92 Å². The van der Waals surface area contributed by atoms with Crippen LogP contribution in [-0.2, 0) is 9.90 Å². The first-order valence-corrected chi connectivity index (χ1v) is 3.83. The summed E-state index contributed by atoms with van der Waals surface area (Å²) < 4.78 is 0. The van der Waals surface area contributed by atoms with Crippen LogP contribution in [0.25, 0.3) is 0 Å². The third kappa shape index (κ3) is 3.62. The topological polar surface area (TPSA) is 37.0 Å². The highest BCUT2D eigenvalue weighted by atomic mass is 16.3. The molecule has 0 spiro atoms. The summed E-state index contributed by atoms with van der Waals surface area (Å²) in [6.07, 6.45) is 2.66. The van der Waals surface area contributed by atoms with E-state index in [2.05, 4.69) is 0 Å². The van der Waals surface area contributed by atoms with Gasteiger partial charge in [0.15, 0.2) is 0 Å². The van der Waals surface area contributed by atoms with Crippen molar-refractivity contribution in [2.24, 2.45) is 5.92 Å². The third-order valence-electron chi connectivity index (χ3n) is 1.64. The maximum absolute atomic E-state index is 11.0. The first kappa shape index (κ1) is 9.63. The van der Waals surface area contributed by atoms with Crippen LogP contribution in [0.4, 0.5) is 0 Å². The van der Waals surface area contributed by atoms with E-state index in [-0.39, 0.29) is 5.92 Å². The summed E-state index contributed by atoms with van der Waals surface area (Å²) in [5.41, 5.74) is 0. The molecule has 2 nitrogen and oxygen atoms in total. The van der Waals surface area contributed by atoms with E-state index >= 15 is 0 Å². The molecule has 0 aromatic carbocycles. The Morgan fingerprint density at radius 1 is 1.50 bits per heavy atom. The Kier molecular flexibility index (Phi) is 5.22. The fourth-order valence-corrected chi connectivity index (χ4v) is 0.756. The smallest absolute Gasteiger partial charge is 0.125 e. The second kappa shape index (κ2) is 5.42. The summed E-state index contributed by atoms with van der Waals surface area (Å²) in [5.74, 6) is -0.313. The first-order valence-electron chi connectivity index (χ1n) is 3.83. The summed E-state index contributed by atoms with van der Waals surface area (Å²) in [4.78, 5) is 10.1. The van der Waals surface area contributed by atoms with Gasteiger partial charge in [-0.25, -0.2) is 5.11 Å².